The Hall–Kier alpha value is -6.96. The molecule has 61 heavy (non-hydrogen) atoms. The molecule has 1 spiro atoms. The van der Waals surface area contributed by atoms with Gasteiger partial charge in [0.15, 0.2) is 17.5 Å². The van der Waals surface area contributed by atoms with E-state index in [0.717, 1.165) is 39.7 Å². The second-order valence-electron chi connectivity index (χ2n) is 17.7. The molecular formula is C57H46N4. The number of hydrogen-bond acceptors (Lipinski definition) is 4. The van der Waals surface area contributed by atoms with Gasteiger partial charge in [0.2, 0.25) is 0 Å². The van der Waals surface area contributed by atoms with Crippen molar-refractivity contribution >= 4 is 0 Å². The van der Waals surface area contributed by atoms with Crippen LogP contribution in [-0.4, -0.2) is 15.0 Å². The Labute approximate surface area is 358 Å². The van der Waals surface area contributed by atoms with Crippen molar-refractivity contribution in [1.82, 2.24) is 15.0 Å². The molecule has 11 rings (SSSR count). The Bertz CT molecular complexity index is 2890. The van der Waals surface area contributed by atoms with E-state index in [1.165, 1.54) is 70.2 Å². The summed E-state index contributed by atoms with van der Waals surface area (Å²) in [6, 6.07) is 62.7. The van der Waals surface area contributed by atoms with Gasteiger partial charge in [-0.3, -0.25) is 0 Å². The van der Waals surface area contributed by atoms with Crippen LogP contribution in [-0.2, 0) is 5.41 Å². The second kappa shape index (κ2) is 14.9. The van der Waals surface area contributed by atoms with E-state index in [4.69, 9.17) is 15.0 Å². The van der Waals surface area contributed by atoms with E-state index in [1.807, 2.05) is 60.7 Å². The molecule has 0 radical (unpaired) electrons. The Morgan fingerprint density at radius 3 is 1.38 bits per heavy atom. The molecule has 4 heteroatoms. The fourth-order valence-corrected chi connectivity index (χ4v) is 11.6. The fourth-order valence-electron chi connectivity index (χ4n) is 11.6. The molecule has 5 unspecified atom stereocenters. The molecule has 8 aromatic rings. The third kappa shape index (κ3) is 6.22. The largest absolute Gasteiger partial charge is 0.208 e. The van der Waals surface area contributed by atoms with Gasteiger partial charge in [-0.25, -0.2) is 15.0 Å². The van der Waals surface area contributed by atoms with Crippen LogP contribution in [0.5, 0.6) is 0 Å². The molecule has 1 aromatic heterocycles. The van der Waals surface area contributed by atoms with Gasteiger partial charge in [0.1, 0.15) is 0 Å². The molecule has 0 saturated heterocycles. The first-order valence-electron chi connectivity index (χ1n) is 21.8. The summed E-state index contributed by atoms with van der Waals surface area (Å²) < 4.78 is 0. The van der Waals surface area contributed by atoms with Crippen LogP contribution in [0.15, 0.2) is 170 Å². The zero-order valence-corrected chi connectivity index (χ0v) is 34.6. The van der Waals surface area contributed by atoms with Crippen LogP contribution < -0.4 is 0 Å². The molecule has 2 fully saturated rings. The van der Waals surface area contributed by atoms with E-state index in [0.29, 0.717) is 34.9 Å². The van der Waals surface area contributed by atoms with Gasteiger partial charge in [-0.15, -0.1) is 0 Å². The van der Waals surface area contributed by atoms with Gasteiger partial charge in [0.05, 0.1) is 11.6 Å². The van der Waals surface area contributed by atoms with Gasteiger partial charge in [0.25, 0.3) is 0 Å². The quantitative estimate of drug-likeness (QED) is 0.168. The van der Waals surface area contributed by atoms with Gasteiger partial charge in [0, 0.05) is 22.1 Å². The van der Waals surface area contributed by atoms with Crippen molar-refractivity contribution in [2.24, 2.45) is 23.7 Å². The summed E-state index contributed by atoms with van der Waals surface area (Å²) in [7, 11) is 0. The molecule has 2 saturated carbocycles. The predicted octanol–water partition coefficient (Wildman–Crippen LogP) is 14.1. The highest BCUT2D eigenvalue weighted by Crippen LogP contribution is 2.66. The van der Waals surface area contributed by atoms with Crippen molar-refractivity contribution in [2.75, 3.05) is 0 Å². The fraction of sp³-hybridized carbons (Fsp3) is 0.193. The van der Waals surface area contributed by atoms with Crippen molar-refractivity contribution in [3.05, 3.63) is 187 Å². The zero-order valence-electron chi connectivity index (χ0n) is 34.6. The number of nitrogens with zero attached hydrogens (tertiary/aromatic N) is 4. The van der Waals surface area contributed by atoms with E-state index < -0.39 is 0 Å². The Kier molecular flexibility index (Phi) is 9.08. The van der Waals surface area contributed by atoms with E-state index in [1.54, 1.807) is 0 Å². The Morgan fingerprint density at radius 1 is 0.443 bits per heavy atom. The summed E-state index contributed by atoms with van der Waals surface area (Å²) in [5, 5.41) is 9.36. The molecule has 5 atom stereocenters. The van der Waals surface area contributed by atoms with E-state index in [2.05, 4.69) is 129 Å². The SMILES string of the molecule is CC1CC2CC(C)C3(c4cccc(-c5ccc(-c6ccc(C#N)cc6)cc5)c4-c4c(-c5ccc(-c6nc(-c7ccccc7)nc(-c7ccccc7)n6)cc5)cccc43)C(C1)C2. The van der Waals surface area contributed by atoms with Gasteiger partial charge in [-0.2, -0.15) is 5.26 Å². The minimum absolute atomic E-state index is 0.0448. The summed E-state index contributed by atoms with van der Waals surface area (Å²) in [5.74, 6) is 4.63. The van der Waals surface area contributed by atoms with Crippen molar-refractivity contribution in [3.8, 4) is 84.7 Å². The summed E-state index contributed by atoms with van der Waals surface area (Å²) in [6.45, 7) is 5.04. The van der Waals surface area contributed by atoms with Crippen LogP contribution >= 0.6 is 0 Å². The van der Waals surface area contributed by atoms with Gasteiger partial charge in [-0.1, -0.05) is 172 Å². The molecule has 2 bridgehead atoms. The maximum Gasteiger partial charge on any atom is 0.164 e. The normalized spacial score (nSPS) is 21.1. The lowest BCUT2D eigenvalue weighted by Crippen LogP contribution is -2.49. The van der Waals surface area contributed by atoms with Crippen molar-refractivity contribution in [2.45, 2.75) is 44.9 Å². The van der Waals surface area contributed by atoms with Gasteiger partial charge in [-0.05, 0) is 117 Å². The maximum atomic E-state index is 9.36. The molecule has 294 valence electrons. The van der Waals surface area contributed by atoms with Crippen molar-refractivity contribution < 1.29 is 0 Å². The van der Waals surface area contributed by atoms with Crippen LogP contribution in [0.25, 0.3) is 78.7 Å². The van der Waals surface area contributed by atoms with Gasteiger partial charge < -0.3 is 0 Å². The van der Waals surface area contributed by atoms with Gasteiger partial charge >= 0.3 is 0 Å². The lowest BCUT2D eigenvalue weighted by Gasteiger charge is -2.54. The molecular weight excluding hydrogens is 741 g/mol. The van der Waals surface area contributed by atoms with Crippen LogP contribution in [0, 0.1) is 35.0 Å². The van der Waals surface area contributed by atoms with Crippen LogP contribution in [0.2, 0.25) is 0 Å². The van der Waals surface area contributed by atoms with E-state index in [-0.39, 0.29) is 5.41 Å². The van der Waals surface area contributed by atoms with Crippen LogP contribution in [0.3, 0.4) is 0 Å². The van der Waals surface area contributed by atoms with Crippen LogP contribution in [0.1, 0.15) is 56.2 Å². The standard InChI is InChI=1S/C57H46N4/c1-36-31-39-33-37(2)57(47(32-36)34-39)50-17-9-15-48(42-25-23-41(24-26-42)40-21-19-38(35-58)20-22-40)52(50)53-49(16-10-18-51(53)57)43-27-29-46(30-28-43)56-60-54(44-11-5-3-6-12-44)59-55(61-56)45-13-7-4-8-14-45/h3-30,36-37,39,47H,31-34H2,1-2H3. The smallest absolute Gasteiger partial charge is 0.164 e. The second-order valence-corrected chi connectivity index (χ2v) is 17.7. The Morgan fingerprint density at radius 2 is 0.885 bits per heavy atom. The highest BCUT2D eigenvalue weighted by atomic mass is 15.0. The molecule has 0 amide bonds. The molecule has 0 aliphatic heterocycles. The lowest BCUT2D eigenvalue weighted by atomic mass is 9.49. The first-order chi connectivity index (χ1) is 30.0. The average Bonchev–Trinajstić information content (AvgIpc) is 3.63. The summed E-state index contributed by atoms with van der Waals surface area (Å²) in [4.78, 5) is 15.0. The van der Waals surface area contributed by atoms with Crippen molar-refractivity contribution in [1.29, 1.82) is 5.26 Å². The number of hydrogen-bond donors (Lipinski definition) is 0. The molecule has 3 aliphatic rings. The summed E-state index contributed by atoms with van der Waals surface area (Å²) >= 11 is 0. The van der Waals surface area contributed by atoms with Crippen LogP contribution in [0.4, 0.5) is 0 Å². The molecule has 0 N–H and O–H groups in total. The highest BCUT2D eigenvalue weighted by molar-refractivity contribution is 6.00. The average molecular weight is 787 g/mol. The third-order valence-electron chi connectivity index (χ3n) is 14.1. The summed E-state index contributed by atoms with van der Waals surface area (Å²) in [6.07, 6.45) is 5.20. The first-order valence-corrected chi connectivity index (χ1v) is 21.8. The number of fused-ring (bicyclic) bond motifs is 8. The van der Waals surface area contributed by atoms with E-state index in [9.17, 15) is 5.26 Å². The number of benzene rings is 7. The Balaban J connectivity index is 1.06. The molecule has 7 aromatic carbocycles. The van der Waals surface area contributed by atoms with Crippen molar-refractivity contribution in [3.63, 3.8) is 0 Å². The zero-order chi connectivity index (χ0) is 41.1. The highest BCUT2D eigenvalue weighted by Gasteiger charge is 2.57. The molecule has 4 nitrogen and oxygen atoms in total. The number of rotatable bonds is 6. The number of aromatic nitrogens is 3. The first kappa shape index (κ1) is 37.1. The lowest BCUT2D eigenvalue weighted by molar-refractivity contribution is 0.0426. The van der Waals surface area contributed by atoms with E-state index >= 15 is 0 Å². The monoisotopic (exact) mass is 786 g/mol. The maximum absolute atomic E-state index is 9.36. The predicted molar refractivity (Wildman–Crippen MR) is 247 cm³/mol. The summed E-state index contributed by atoms with van der Waals surface area (Å²) in [5.41, 5.74) is 16.5. The minimum Gasteiger partial charge on any atom is -0.208 e. The minimum atomic E-state index is -0.0448. The molecule has 1 heterocycles. The molecule has 3 aliphatic carbocycles. The third-order valence-corrected chi connectivity index (χ3v) is 14.1. The topological polar surface area (TPSA) is 62.5 Å². The number of nitriles is 1.